The summed E-state index contributed by atoms with van der Waals surface area (Å²) in [5.41, 5.74) is 0.263. The van der Waals surface area contributed by atoms with Gasteiger partial charge in [0.05, 0.1) is 12.0 Å². The number of hydrogen-bond donors (Lipinski definition) is 1. The highest BCUT2D eigenvalue weighted by molar-refractivity contribution is 8.82. The van der Waals surface area contributed by atoms with Crippen LogP contribution in [0.2, 0.25) is 0 Å². The van der Waals surface area contributed by atoms with Gasteiger partial charge in [0, 0.05) is 21.6 Å². The minimum absolute atomic E-state index is 0.220. The van der Waals surface area contributed by atoms with Gasteiger partial charge in [0.15, 0.2) is 11.3 Å². The molecule has 1 heterocycles. The van der Waals surface area contributed by atoms with Gasteiger partial charge in [-0.05, 0) is 50.6 Å². The number of esters is 1. The summed E-state index contributed by atoms with van der Waals surface area (Å²) in [7, 11) is 3.47. The molecular formula is C22H23NO7S2. The van der Waals surface area contributed by atoms with E-state index in [2.05, 4.69) is 10.1 Å². The lowest BCUT2D eigenvalue weighted by molar-refractivity contribution is -0.136. The topological polar surface area (TPSA) is 104 Å². The standard InChI is InChI=1S/C22H23NO7S2/c1-12(23-20(25)30-22(2,3)4)19(24)28-15-10-6-8-13-14-9-7-11-16(18(14)29-17(13)15)31-32-21(26)27-5/h6-12H,1-5H3,(H,23,25). The van der Waals surface area contributed by atoms with Crippen molar-refractivity contribution in [2.45, 2.75) is 44.2 Å². The van der Waals surface area contributed by atoms with E-state index in [0.717, 1.165) is 26.5 Å². The SMILES string of the molecule is COC(=O)SSc1cccc2c1oc1c(OC(=O)C(C)NC(=O)OC(C)(C)C)cccc12. The fraction of sp³-hybridized carbons (Fsp3) is 0.318. The molecule has 1 amide bonds. The van der Waals surface area contributed by atoms with Crippen molar-refractivity contribution in [3.63, 3.8) is 0 Å². The molecule has 1 aromatic heterocycles. The summed E-state index contributed by atoms with van der Waals surface area (Å²) in [5.74, 6) is -0.447. The Morgan fingerprint density at radius 1 is 1.03 bits per heavy atom. The highest BCUT2D eigenvalue weighted by Crippen LogP contribution is 2.42. The number of alkyl carbamates (subject to hydrolysis) is 1. The number of para-hydroxylation sites is 2. The fourth-order valence-electron chi connectivity index (χ4n) is 2.77. The summed E-state index contributed by atoms with van der Waals surface area (Å²) < 4.78 is 21.4. The molecule has 0 radical (unpaired) electrons. The average molecular weight is 478 g/mol. The third-order valence-electron chi connectivity index (χ3n) is 4.12. The third kappa shape index (κ3) is 5.68. The fourth-order valence-corrected chi connectivity index (χ4v) is 4.43. The van der Waals surface area contributed by atoms with Gasteiger partial charge in [-0.1, -0.05) is 24.3 Å². The van der Waals surface area contributed by atoms with Crippen molar-refractivity contribution in [2.75, 3.05) is 7.11 Å². The number of methoxy groups -OCH3 is 1. The van der Waals surface area contributed by atoms with E-state index in [1.54, 1.807) is 32.9 Å². The Morgan fingerprint density at radius 2 is 1.69 bits per heavy atom. The Hall–Kier alpha value is -2.85. The van der Waals surface area contributed by atoms with Gasteiger partial charge in [-0.3, -0.25) is 0 Å². The maximum atomic E-state index is 12.6. The first-order chi connectivity index (χ1) is 15.1. The zero-order chi connectivity index (χ0) is 23.5. The number of nitrogens with one attached hydrogen (secondary N) is 1. The first-order valence-corrected chi connectivity index (χ1v) is 11.8. The smallest absolute Gasteiger partial charge is 0.408 e. The molecule has 0 spiro atoms. The summed E-state index contributed by atoms with van der Waals surface area (Å²) in [6.45, 7) is 6.69. The van der Waals surface area contributed by atoms with E-state index in [1.165, 1.54) is 24.8 Å². The minimum Gasteiger partial charge on any atom is -0.460 e. The van der Waals surface area contributed by atoms with Crippen LogP contribution < -0.4 is 10.1 Å². The van der Waals surface area contributed by atoms with Crippen molar-refractivity contribution in [3.8, 4) is 5.75 Å². The van der Waals surface area contributed by atoms with E-state index in [-0.39, 0.29) is 5.75 Å². The van der Waals surface area contributed by atoms with Crippen LogP contribution >= 0.6 is 21.6 Å². The molecular weight excluding hydrogens is 454 g/mol. The molecule has 0 fully saturated rings. The second-order valence-corrected chi connectivity index (χ2v) is 9.88. The number of carbonyl (C=O) groups excluding carboxylic acids is 3. The lowest BCUT2D eigenvalue weighted by atomic mass is 10.1. The van der Waals surface area contributed by atoms with Crippen LogP contribution in [0.3, 0.4) is 0 Å². The van der Waals surface area contributed by atoms with E-state index in [0.29, 0.717) is 11.2 Å². The van der Waals surface area contributed by atoms with Crippen LogP contribution in [0.15, 0.2) is 45.7 Å². The quantitative estimate of drug-likeness (QED) is 0.273. The Labute approximate surface area is 192 Å². The molecule has 0 saturated heterocycles. The summed E-state index contributed by atoms with van der Waals surface area (Å²) in [4.78, 5) is 36.7. The molecule has 0 aliphatic rings. The number of fused-ring (bicyclic) bond motifs is 3. The van der Waals surface area contributed by atoms with Crippen LogP contribution in [0.1, 0.15) is 27.7 Å². The van der Waals surface area contributed by atoms with Crippen LogP contribution in [0.25, 0.3) is 21.9 Å². The van der Waals surface area contributed by atoms with Crippen LogP contribution in [-0.4, -0.2) is 36.1 Å². The molecule has 170 valence electrons. The summed E-state index contributed by atoms with van der Waals surface area (Å²) in [6, 6.07) is 9.82. The molecule has 10 heteroatoms. The monoisotopic (exact) mass is 477 g/mol. The molecule has 0 saturated carbocycles. The molecule has 3 aromatic rings. The van der Waals surface area contributed by atoms with Crippen molar-refractivity contribution in [1.82, 2.24) is 5.32 Å². The zero-order valence-electron chi connectivity index (χ0n) is 18.2. The van der Waals surface area contributed by atoms with Gasteiger partial charge < -0.3 is 23.9 Å². The molecule has 0 bridgehead atoms. The zero-order valence-corrected chi connectivity index (χ0v) is 19.8. The van der Waals surface area contributed by atoms with Gasteiger partial charge >= 0.3 is 17.4 Å². The molecule has 3 rings (SSSR count). The van der Waals surface area contributed by atoms with Gasteiger partial charge in [0.25, 0.3) is 0 Å². The van der Waals surface area contributed by atoms with Crippen molar-refractivity contribution in [3.05, 3.63) is 36.4 Å². The highest BCUT2D eigenvalue weighted by atomic mass is 33.1. The largest absolute Gasteiger partial charge is 0.460 e. The second-order valence-electron chi connectivity index (χ2n) is 7.78. The average Bonchev–Trinajstić information content (AvgIpc) is 3.10. The number of ether oxygens (including phenoxy) is 3. The summed E-state index contributed by atoms with van der Waals surface area (Å²) in [5, 5.41) is 3.60. The van der Waals surface area contributed by atoms with Gasteiger partial charge in [-0.25, -0.2) is 14.4 Å². The first-order valence-electron chi connectivity index (χ1n) is 9.67. The first kappa shape index (κ1) is 23.8. The minimum atomic E-state index is -0.938. The third-order valence-corrected chi connectivity index (χ3v) is 6.20. The second kappa shape index (κ2) is 9.74. The Balaban J connectivity index is 1.84. The van der Waals surface area contributed by atoms with Crippen LogP contribution in [0.4, 0.5) is 9.59 Å². The van der Waals surface area contributed by atoms with Crippen LogP contribution in [0.5, 0.6) is 5.75 Å². The van der Waals surface area contributed by atoms with E-state index in [4.69, 9.17) is 13.9 Å². The maximum Gasteiger partial charge on any atom is 0.408 e. The van der Waals surface area contributed by atoms with Gasteiger partial charge in [-0.15, -0.1) is 0 Å². The highest BCUT2D eigenvalue weighted by Gasteiger charge is 2.24. The van der Waals surface area contributed by atoms with Crippen LogP contribution in [0, 0.1) is 0 Å². The molecule has 2 aromatic carbocycles. The lowest BCUT2D eigenvalue weighted by Gasteiger charge is -2.21. The molecule has 1 unspecified atom stereocenters. The van der Waals surface area contributed by atoms with Crippen molar-refractivity contribution in [1.29, 1.82) is 0 Å². The number of carbonyl (C=O) groups is 3. The Morgan fingerprint density at radius 3 is 2.34 bits per heavy atom. The van der Waals surface area contributed by atoms with Gasteiger partial charge in [-0.2, -0.15) is 0 Å². The van der Waals surface area contributed by atoms with E-state index in [9.17, 15) is 14.4 Å². The van der Waals surface area contributed by atoms with E-state index < -0.39 is 29.0 Å². The van der Waals surface area contributed by atoms with E-state index >= 15 is 0 Å². The number of hydrogen-bond acceptors (Lipinski definition) is 9. The van der Waals surface area contributed by atoms with Crippen molar-refractivity contribution < 1.29 is 33.0 Å². The lowest BCUT2D eigenvalue weighted by Crippen LogP contribution is -2.43. The molecule has 1 N–H and O–H groups in total. The predicted molar refractivity (Wildman–Crippen MR) is 124 cm³/mol. The number of furan rings is 1. The summed E-state index contributed by atoms with van der Waals surface area (Å²) >= 11 is 0. The van der Waals surface area contributed by atoms with Crippen molar-refractivity contribution >= 4 is 60.9 Å². The van der Waals surface area contributed by atoms with Crippen molar-refractivity contribution in [2.24, 2.45) is 0 Å². The van der Waals surface area contributed by atoms with E-state index in [1.807, 2.05) is 24.3 Å². The predicted octanol–water partition coefficient (Wildman–Crippen LogP) is 5.91. The summed E-state index contributed by atoms with van der Waals surface area (Å²) in [6.07, 6.45) is -0.714. The molecule has 0 aliphatic carbocycles. The number of rotatable bonds is 5. The molecule has 0 aliphatic heterocycles. The number of benzene rings is 2. The molecule has 8 nitrogen and oxygen atoms in total. The Kier molecular flexibility index (Phi) is 7.25. The molecule has 32 heavy (non-hydrogen) atoms. The van der Waals surface area contributed by atoms with Gasteiger partial charge in [0.1, 0.15) is 17.2 Å². The maximum absolute atomic E-state index is 12.6. The molecule has 1 atom stereocenters. The van der Waals surface area contributed by atoms with Crippen LogP contribution in [-0.2, 0) is 14.3 Å². The Bertz CT molecular complexity index is 1170. The number of amides is 1. The normalized spacial score (nSPS) is 12.4. The van der Waals surface area contributed by atoms with Gasteiger partial charge in [0.2, 0.25) is 0 Å².